The lowest BCUT2D eigenvalue weighted by Gasteiger charge is -2.11. The highest BCUT2D eigenvalue weighted by molar-refractivity contribution is 5.77. The fraction of sp³-hybridized carbons (Fsp3) is 0.615. The van der Waals surface area contributed by atoms with Crippen LogP contribution in [-0.2, 0) is 18.4 Å². The van der Waals surface area contributed by atoms with E-state index in [0.29, 0.717) is 19.1 Å². The zero-order valence-electron chi connectivity index (χ0n) is 11.2. The standard InChI is InChI=1S/C13H23N3O/c1-5-10(2)14-9-13(17)15-8-12-7-6-11(3)16(12)4/h6-7,10,14H,5,8-9H2,1-4H3,(H,15,17). The van der Waals surface area contributed by atoms with Gasteiger partial charge in [0.15, 0.2) is 0 Å². The Morgan fingerprint density at radius 1 is 1.47 bits per heavy atom. The van der Waals surface area contributed by atoms with Crippen molar-refractivity contribution in [1.82, 2.24) is 15.2 Å². The lowest BCUT2D eigenvalue weighted by atomic mass is 10.2. The maximum atomic E-state index is 11.6. The molecular weight excluding hydrogens is 214 g/mol. The molecule has 1 aromatic rings. The van der Waals surface area contributed by atoms with E-state index in [2.05, 4.69) is 42.0 Å². The molecule has 0 spiro atoms. The van der Waals surface area contributed by atoms with Crippen LogP contribution >= 0.6 is 0 Å². The van der Waals surface area contributed by atoms with Crippen molar-refractivity contribution in [3.63, 3.8) is 0 Å². The van der Waals surface area contributed by atoms with Crippen molar-refractivity contribution in [2.24, 2.45) is 7.05 Å². The van der Waals surface area contributed by atoms with Gasteiger partial charge in [-0.25, -0.2) is 0 Å². The molecular formula is C13H23N3O. The maximum absolute atomic E-state index is 11.6. The van der Waals surface area contributed by atoms with Crippen LogP contribution in [0.2, 0.25) is 0 Å². The smallest absolute Gasteiger partial charge is 0.234 e. The van der Waals surface area contributed by atoms with Crippen LogP contribution < -0.4 is 10.6 Å². The van der Waals surface area contributed by atoms with Crippen LogP contribution in [0, 0.1) is 6.92 Å². The van der Waals surface area contributed by atoms with E-state index in [1.165, 1.54) is 5.69 Å². The van der Waals surface area contributed by atoms with E-state index in [1.807, 2.05) is 13.1 Å². The molecule has 1 atom stereocenters. The summed E-state index contributed by atoms with van der Waals surface area (Å²) in [6, 6.07) is 4.48. The summed E-state index contributed by atoms with van der Waals surface area (Å²) in [5.41, 5.74) is 2.33. The Morgan fingerprint density at radius 2 is 2.18 bits per heavy atom. The highest BCUT2D eigenvalue weighted by Crippen LogP contribution is 2.04. The van der Waals surface area contributed by atoms with Crippen LogP contribution in [0.1, 0.15) is 31.7 Å². The Bertz CT molecular complexity index is 371. The summed E-state index contributed by atoms with van der Waals surface area (Å²) >= 11 is 0. The van der Waals surface area contributed by atoms with Crippen molar-refractivity contribution in [2.75, 3.05) is 6.54 Å². The highest BCUT2D eigenvalue weighted by atomic mass is 16.1. The van der Waals surface area contributed by atoms with E-state index in [4.69, 9.17) is 0 Å². The molecule has 0 saturated heterocycles. The largest absolute Gasteiger partial charge is 0.350 e. The van der Waals surface area contributed by atoms with E-state index in [1.54, 1.807) is 0 Å². The molecule has 4 nitrogen and oxygen atoms in total. The molecule has 0 radical (unpaired) electrons. The van der Waals surface area contributed by atoms with Crippen molar-refractivity contribution >= 4 is 5.91 Å². The average Bonchev–Trinajstić information content (AvgIpc) is 2.64. The number of amides is 1. The number of nitrogens with one attached hydrogen (secondary N) is 2. The van der Waals surface area contributed by atoms with Gasteiger partial charge < -0.3 is 15.2 Å². The van der Waals surface area contributed by atoms with E-state index in [0.717, 1.165) is 12.1 Å². The topological polar surface area (TPSA) is 46.1 Å². The summed E-state index contributed by atoms with van der Waals surface area (Å²) in [6.07, 6.45) is 1.03. The minimum Gasteiger partial charge on any atom is -0.350 e. The van der Waals surface area contributed by atoms with E-state index in [-0.39, 0.29) is 5.91 Å². The monoisotopic (exact) mass is 237 g/mol. The molecule has 1 rings (SSSR count). The van der Waals surface area contributed by atoms with Gasteiger partial charge in [0.1, 0.15) is 0 Å². The summed E-state index contributed by atoms with van der Waals surface area (Å²) in [5, 5.41) is 6.08. The van der Waals surface area contributed by atoms with Crippen molar-refractivity contribution in [3.8, 4) is 0 Å². The molecule has 0 aliphatic rings. The molecule has 96 valence electrons. The Balaban J connectivity index is 2.31. The maximum Gasteiger partial charge on any atom is 0.234 e. The van der Waals surface area contributed by atoms with Crippen molar-refractivity contribution < 1.29 is 4.79 Å². The van der Waals surface area contributed by atoms with Gasteiger partial charge in [0.2, 0.25) is 5.91 Å². The van der Waals surface area contributed by atoms with Gasteiger partial charge in [-0.2, -0.15) is 0 Å². The number of hydrogen-bond donors (Lipinski definition) is 2. The first kappa shape index (κ1) is 13.8. The van der Waals surface area contributed by atoms with Gasteiger partial charge in [0.05, 0.1) is 13.1 Å². The van der Waals surface area contributed by atoms with Gasteiger partial charge in [0, 0.05) is 24.5 Å². The zero-order valence-corrected chi connectivity index (χ0v) is 11.2. The zero-order chi connectivity index (χ0) is 12.8. The SMILES string of the molecule is CCC(C)NCC(=O)NCc1ccc(C)n1C. The van der Waals surface area contributed by atoms with Crippen molar-refractivity contribution in [1.29, 1.82) is 0 Å². The van der Waals surface area contributed by atoms with Crippen LogP contribution in [0.5, 0.6) is 0 Å². The minimum atomic E-state index is 0.0455. The number of rotatable bonds is 6. The number of carbonyl (C=O) groups is 1. The summed E-state index contributed by atoms with van der Waals surface area (Å²) < 4.78 is 2.09. The summed E-state index contributed by atoms with van der Waals surface area (Å²) in [5.74, 6) is 0.0455. The Labute approximate surface area is 103 Å². The third-order valence-corrected chi connectivity index (χ3v) is 3.17. The molecule has 0 aromatic carbocycles. The molecule has 1 aromatic heterocycles. The molecule has 1 amide bonds. The number of hydrogen-bond acceptors (Lipinski definition) is 2. The molecule has 0 aliphatic carbocycles. The first-order valence-corrected chi connectivity index (χ1v) is 6.15. The molecule has 17 heavy (non-hydrogen) atoms. The normalized spacial score (nSPS) is 12.5. The number of carbonyl (C=O) groups excluding carboxylic acids is 1. The summed E-state index contributed by atoms with van der Waals surface area (Å²) in [7, 11) is 2.01. The second-order valence-electron chi connectivity index (χ2n) is 4.49. The molecule has 1 heterocycles. The van der Waals surface area contributed by atoms with Gasteiger partial charge in [-0.15, -0.1) is 0 Å². The van der Waals surface area contributed by atoms with E-state index < -0.39 is 0 Å². The third-order valence-electron chi connectivity index (χ3n) is 3.17. The highest BCUT2D eigenvalue weighted by Gasteiger charge is 2.05. The van der Waals surface area contributed by atoms with Crippen LogP contribution in [-0.4, -0.2) is 23.1 Å². The third kappa shape index (κ3) is 4.23. The van der Waals surface area contributed by atoms with Crippen LogP contribution in [0.3, 0.4) is 0 Å². The van der Waals surface area contributed by atoms with Gasteiger partial charge in [-0.3, -0.25) is 4.79 Å². The quantitative estimate of drug-likeness (QED) is 0.784. The van der Waals surface area contributed by atoms with Gasteiger partial charge >= 0.3 is 0 Å². The van der Waals surface area contributed by atoms with Gasteiger partial charge in [-0.05, 0) is 32.4 Å². The van der Waals surface area contributed by atoms with Gasteiger partial charge in [0.25, 0.3) is 0 Å². The van der Waals surface area contributed by atoms with E-state index in [9.17, 15) is 4.79 Å². The van der Waals surface area contributed by atoms with E-state index >= 15 is 0 Å². The van der Waals surface area contributed by atoms with Crippen LogP contribution in [0.4, 0.5) is 0 Å². The first-order chi connectivity index (χ1) is 8.04. The van der Waals surface area contributed by atoms with Crippen molar-refractivity contribution in [2.45, 2.75) is 39.8 Å². The Kier molecular flexibility index (Phi) is 5.22. The Morgan fingerprint density at radius 3 is 2.71 bits per heavy atom. The Hall–Kier alpha value is -1.29. The molecule has 1 unspecified atom stereocenters. The molecule has 2 N–H and O–H groups in total. The number of aromatic nitrogens is 1. The van der Waals surface area contributed by atoms with Crippen LogP contribution in [0.25, 0.3) is 0 Å². The minimum absolute atomic E-state index is 0.0455. The fourth-order valence-corrected chi connectivity index (χ4v) is 1.51. The fourth-order valence-electron chi connectivity index (χ4n) is 1.51. The number of aryl methyl sites for hydroxylation is 1. The first-order valence-electron chi connectivity index (χ1n) is 6.15. The van der Waals surface area contributed by atoms with Crippen molar-refractivity contribution in [3.05, 3.63) is 23.5 Å². The predicted molar refractivity (Wildman–Crippen MR) is 69.8 cm³/mol. The molecule has 0 fully saturated rings. The average molecular weight is 237 g/mol. The molecule has 4 heteroatoms. The lowest BCUT2D eigenvalue weighted by molar-refractivity contribution is -0.120. The predicted octanol–water partition coefficient (Wildman–Crippen LogP) is 1.34. The second kappa shape index (κ2) is 6.45. The number of nitrogens with zero attached hydrogens (tertiary/aromatic N) is 1. The molecule has 0 bridgehead atoms. The summed E-state index contributed by atoms with van der Waals surface area (Å²) in [6.45, 7) is 7.20. The molecule has 0 saturated carbocycles. The summed E-state index contributed by atoms with van der Waals surface area (Å²) in [4.78, 5) is 11.6. The molecule has 0 aliphatic heterocycles. The lowest BCUT2D eigenvalue weighted by Crippen LogP contribution is -2.37. The second-order valence-corrected chi connectivity index (χ2v) is 4.49. The van der Waals surface area contributed by atoms with Gasteiger partial charge in [-0.1, -0.05) is 6.92 Å². The van der Waals surface area contributed by atoms with Crippen LogP contribution in [0.15, 0.2) is 12.1 Å².